The topological polar surface area (TPSA) is 30.8 Å². The van der Waals surface area contributed by atoms with Crippen LogP contribution in [0.15, 0.2) is 5.16 Å². The second kappa shape index (κ2) is 6.50. The molecular weight excluding hydrogens is 166 g/mol. The van der Waals surface area contributed by atoms with Crippen LogP contribution in [0.25, 0.3) is 0 Å². The smallest absolute Gasteiger partial charge is 0.177 e. The number of rotatable bonds is 2. The molecule has 0 N–H and O–H groups in total. The predicted molar refractivity (Wildman–Crippen MR) is 51.5 cm³/mol. The van der Waals surface area contributed by atoms with E-state index in [1.807, 2.05) is 0 Å². The van der Waals surface area contributed by atoms with E-state index in [9.17, 15) is 0 Å². The lowest BCUT2D eigenvalue weighted by molar-refractivity contribution is 0.146. The third-order valence-corrected chi connectivity index (χ3v) is 1.80. The highest BCUT2D eigenvalue weighted by molar-refractivity contribution is 5.84. The lowest BCUT2D eigenvalue weighted by atomic mass is 10.2. The van der Waals surface area contributed by atoms with Crippen LogP contribution < -0.4 is 0 Å². The van der Waals surface area contributed by atoms with E-state index in [0.29, 0.717) is 6.61 Å². The fourth-order valence-corrected chi connectivity index (χ4v) is 1.11. The number of oxime groups is 1. The second-order valence-electron chi connectivity index (χ2n) is 2.82. The van der Waals surface area contributed by atoms with E-state index >= 15 is 0 Å². The van der Waals surface area contributed by atoms with Crippen molar-refractivity contribution in [1.29, 1.82) is 0 Å². The zero-order chi connectivity index (χ0) is 9.36. The molecule has 1 fully saturated rings. The van der Waals surface area contributed by atoms with E-state index in [-0.39, 0.29) is 0 Å². The molecule has 0 radical (unpaired) electrons. The zero-order valence-electron chi connectivity index (χ0n) is 8.01. The van der Waals surface area contributed by atoms with Crippen molar-refractivity contribution in [3.63, 3.8) is 0 Å². The Labute approximate surface area is 79.1 Å². The molecule has 0 atom stereocenters. The van der Waals surface area contributed by atoms with Gasteiger partial charge in [0.2, 0.25) is 0 Å². The third-order valence-electron chi connectivity index (χ3n) is 1.80. The van der Waals surface area contributed by atoms with Gasteiger partial charge in [0.05, 0.1) is 12.3 Å². The highest BCUT2D eigenvalue weighted by Crippen LogP contribution is 2.04. The van der Waals surface area contributed by atoms with Crippen molar-refractivity contribution in [2.75, 3.05) is 19.8 Å². The molecule has 0 spiro atoms. The third kappa shape index (κ3) is 4.54. The molecule has 0 saturated carbocycles. The van der Waals surface area contributed by atoms with Crippen LogP contribution in [0.2, 0.25) is 0 Å². The summed E-state index contributed by atoms with van der Waals surface area (Å²) in [5.41, 5.74) is 1.09. The first-order chi connectivity index (χ1) is 6.43. The van der Waals surface area contributed by atoms with Gasteiger partial charge in [0, 0.05) is 13.0 Å². The molecule has 3 heteroatoms. The predicted octanol–water partition coefficient (Wildman–Crippen LogP) is 1.58. The normalized spacial score (nSPS) is 20.2. The van der Waals surface area contributed by atoms with Gasteiger partial charge in [0.25, 0.3) is 0 Å². The molecule has 0 aromatic heterocycles. The summed E-state index contributed by atoms with van der Waals surface area (Å²) in [6, 6.07) is 0. The van der Waals surface area contributed by atoms with Gasteiger partial charge in [-0.2, -0.15) is 0 Å². The van der Waals surface area contributed by atoms with E-state index < -0.39 is 0 Å². The molecule has 1 heterocycles. The molecule has 0 aromatic rings. The molecule has 0 aromatic carbocycles. The van der Waals surface area contributed by atoms with Crippen molar-refractivity contribution < 1.29 is 9.57 Å². The van der Waals surface area contributed by atoms with Crippen LogP contribution in [0.5, 0.6) is 0 Å². The number of nitrogens with zero attached hydrogens (tertiary/aromatic N) is 1. The minimum Gasteiger partial charge on any atom is -0.383 e. The summed E-state index contributed by atoms with van der Waals surface area (Å²) in [7, 11) is 0. The molecule has 0 unspecified atom stereocenters. The van der Waals surface area contributed by atoms with E-state index in [4.69, 9.17) is 9.57 Å². The summed E-state index contributed by atoms with van der Waals surface area (Å²) in [5.74, 6) is 5.54. The van der Waals surface area contributed by atoms with Gasteiger partial charge in [-0.25, -0.2) is 0 Å². The molecule has 0 bridgehead atoms. The van der Waals surface area contributed by atoms with Crippen molar-refractivity contribution in [2.45, 2.75) is 26.2 Å². The van der Waals surface area contributed by atoms with Crippen LogP contribution in [-0.2, 0) is 9.57 Å². The van der Waals surface area contributed by atoms with Crippen LogP contribution in [-0.4, -0.2) is 25.5 Å². The van der Waals surface area contributed by atoms with Gasteiger partial charge in [0.15, 0.2) is 6.61 Å². The summed E-state index contributed by atoms with van der Waals surface area (Å²) < 4.78 is 5.29. The standard InChI is InChI=1S/C10H15NO2/c1-2-3-8-13-11-10-5-4-7-12-9-6-10/h4-9H2,1H3/b11-10-. The van der Waals surface area contributed by atoms with Crippen LogP contribution in [0.4, 0.5) is 0 Å². The number of hydrogen-bond donors (Lipinski definition) is 0. The first-order valence-corrected chi connectivity index (χ1v) is 4.58. The summed E-state index contributed by atoms with van der Waals surface area (Å²) in [4.78, 5) is 5.03. The van der Waals surface area contributed by atoms with Gasteiger partial charge in [-0.1, -0.05) is 11.1 Å². The summed E-state index contributed by atoms with van der Waals surface area (Å²) >= 11 is 0. The Hall–Kier alpha value is -1.01. The lowest BCUT2D eigenvalue weighted by Crippen LogP contribution is -2.00. The highest BCUT2D eigenvalue weighted by atomic mass is 16.6. The van der Waals surface area contributed by atoms with Gasteiger partial charge in [-0.15, -0.1) is 5.92 Å². The molecule has 72 valence electrons. The SMILES string of the molecule is CC#CCO/N=C1/CCCOCC1. The van der Waals surface area contributed by atoms with Crippen molar-refractivity contribution in [2.24, 2.45) is 5.16 Å². The highest BCUT2D eigenvalue weighted by Gasteiger charge is 2.05. The molecule has 1 aliphatic heterocycles. The van der Waals surface area contributed by atoms with E-state index in [0.717, 1.165) is 38.2 Å². The number of hydrogen-bond acceptors (Lipinski definition) is 3. The quantitative estimate of drug-likeness (QED) is 0.368. The Kier molecular flexibility index (Phi) is 5.04. The van der Waals surface area contributed by atoms with Gasteiger partial charge < -0.3 is 9.57 Å². The van der Waals surface area contributed by atoms with Crippen molar-refractivity contribution in [3.8, 4) is 11.8 Å². The Morgan fingerprint density at radius 1 is 1.46 bits per heavy atom. The zero-order valence-corrected chi connectivity index (χ0v) is 8.01. The minimum absolute atomic E-state index is 0.390. The molecule has 0 amide bonds. The van der Waals surface area contributed by atoms with E-state index in [1.165, 1.54) is 0 Å². The average Bonchev–Trinajstić information content (AvgIpc) is 2.41. The molecule has 0 aliphatic carbocycles. The average molecular weight is 181 g/mol. The van der Waals surface area contributed by atoms with Gasteiger partial charge in [-0.05, 0) is 19.8 Å². The largest absolute Gasteiger partial charge is 0.383 e. The van der Waals surface area contributed by atoms with E-state index in [2.05, 4.69) is 17.0 Å². The molecule has 1 saturated heterocycles. The maximum absolute atomic E-state index is 5.29. The molecule has 1 rings (SSSR count). The van der Waals surface area contributed by atoms with Crippen molar-refractivity contribution in [3.05, 3.63) is 0 Å². The van der Waals surface area contributed by atoms with Crippen LogP contribution >= 0.6 is 0 Å². The van der Waals surface area contributed by atoms with Crippen LogP contribution in [0.1, 0.15) is 26.2 Å². The first-order valence-electron chi connectivity index (χ1n) is 4.58. The fraction of sp³-hybridized carbons (Fsp3) is 0.700. The molecule has 13 heavy (non-hydrogen) atoms. The Morgan fingerprint density at radius 3 is 3.23 bits per heavy atom. The van der Waals surface area contributed by atoms with E-state index in [1.54, 1.807) is 6.92 Å². The first kappa shape index (κ1) is 10.1. The van der Waals surface area contributed by atoms with Crippen molar-refractivity contribution >= 4 is 5.71 Å². The number of ether oxygens (including phenoxy) is 1. The Bertz CT molecular complexity index is 215. The summed E-state index contributed by atoms with van der Waals surface area (Å²) in [6.07, 6.45) is 2.92. The van der Waals surface area contributed by atoms with Crippen LogP contribution in [0, 0.1) is 11.8 Å². The lowest BCUT2D eigenvalue weighted by Gasteiger charge is -1.98. The fourth-order valence-electron chi connectivity index (χ4n) is 1.11. The van der Waals surface area contributed by atoms with Crippen LogP contribution in [0.3, 0.4) is 0 Å². The van der Waals surface area contributed by atoms with Gasteiger partial charge >= 0.3 is 0 Å². The monoisotopic (exact) mass is 181 g/mol. The summed E-state index contributed by atoms with van der Waals surface area (Å²) in [5, 5.41) is 4.01. The molecular formula is C10H15NO2. The maximum Gasteiger partial charge on any atom is 0.177 e. The van der Waals surface area contributed by atoms with Gasteiger partial charge in [-0.3, -0.25) is 0 Å². The molecule has 1 aliphatic rings. The Morgan fingerprint density at radius 2 is 2.38 bits per heavy atom. The Balaban J connectivity index is 2.25. The summed E-state index contributed by atoms with van der Waals surface area (Å²) in [6.45, 7) is 3.78. The van der Waals surface area contributed by atoms with Crippen molar-refractivity contribution in [1.82, 2.24) is 0 Å². The maximum atomic E-state index is 5.29. The minimum atomic E-state index is 0.390. The molecule has 3 nitrogen and oxygen atoms in total. The van der Waals surface area contributed by atoms with Gasteiger partial charge in [0.1, 0.15) is 0 Å². The second-order valence-corrected chi connectivity index (χ2v) is 2.82.